The maximum absolute atomic E-state index is 12.2. The van der Waals surface area contributed by atoms with Crippen LogP contribution in [0, 0.1) is 0 Å². The van der Waals surface area contributed by atoms with E-state index >= 15 is 0 Å². The van der Waals surface area contributed by atoms with Gasteiger partial charge in [-0.25, -0.2) is 0 Å². The van der Waals surface area contributed by atoms with Crippen LogP contribution in [-0.2, 0) is 11.3 Å². The van der Waals surface area contributed by atoms with Gasteiger partial charge in [-0.1, -0.05) is 16.8 Å². The number of hydrogen-bond acceptors (Lipinski definition) is 6. The summed E-state index contributed by atoms with van der Waals surface area (Å²) in [7, 11) is 1.48. The number of carbonyl (C=O) groups is 1. The number of methoxy groups -OCH3 is 1. The van der Waals surface area contributed by atoms with E-state index in [-0.39, 0.29) is 18.6 Å². The van der Waals surface area contributed by atoms with Crippen LogP contribution in [0.4, 0.5) is 0 Å². The number of hydrogen-bond donors (Lipinski definition) is 1. The van der Waals surface area contributed by atoms with Crippen LogP contribution in [0.2, 0.25) is 5.02 Å². The van der Waals surface area contributed by atoms with E-state index in [2.05, 4.69) is 15.5 Å². The fourth-order valence-electron chi connectivity index (χ4n) is 2.35. The lowest BCUT2D eigenvalue weighted by Gasteiger charge is -2.08. The second-order valence-corrected chi connectivity index (χ2v) is 5.51. The molecule has 2 heterocycles. The molecule has 122 valence electrons. The zero-order valence-corrected chi connectivity index (χ0v) is 13.3. The van der Waals surface area contributed by atoms with Gasteiger partial charge in [0.25, 0.3) is 11.8 Å². The molecule has 1 amide bonds. The Labute approximate surface area is 137 Å². The molecule has 2 aromatic rings. The topological polar surface area (TPSA) is 86.5 Å². The van der Waals surface area contributed by atoms with Crippen LogP contribution >= 0.6 is 11.6 Å². The number of aromatic nitrogens is 2. The van der Waals surface area contributed by atoms with Gasteiger partial charge in [0, 0.05) is 11.6 Å². The molecule has 0 unspecified atom stereocenters. The average molecular weight is 338 g/mol. The first-order chi connectivity index (χ1) is 11.2. The molecule has 1 fully saturated rings. The maximum Gasteiger partial charge on any atom is 0.255 e. The lowest BCUT2D eigenvalue weighted by atomic mass is 10.2. The van der Waals surface area contributed by atoms with Crippen LogP contribution in [-0.4, -0.2) is 29.8 Å². The van der Waals surface area contributed by atoms with Crippen molar-refractivity contribution >= 4 is 17.5 Å². The minimum Gasteiger partial charge on any atom is -0.496 e. The van der Waals surface area contributed by atoms with Crippen molar-refractivity contribution in [2.24, 2.45) is 0 Å². The number of rotatable bonds is 5. The first kappa shape index (κ1) is 15.8. The molecule has 0 saturated carbocycles. The fourth-order valence-corrected chi connectivity index (χ4v) is 2.51. The van der Waals surface area contributed by atoms with Gasteiger partial charge in [-0.15, -0.1) is 0 Å². The molecular formula is C15H16ClN3O4. The van der Waals surface area contributed by atoms with Gasteiger partial charge in [0.05, 0.1) is 19.2 Å². The summed E-state index contributed by atoms with van der Waals surface area (Å²) in [4.78, 5) is 16.5. The van der Waals surface area contributed by atoms with E-state index < -0.39 is 0 Å². The summed E-state index contributed by atoms with van der Waals surface area (Å²) in [5, 5.41) is 7.07. The molecule has 1 aliphatic heterocycles. The second-order valence-electron chi connectivity index (χ2n) is 5.08. The molecule has 23 heavy (non-hydrogen) atoms. The van der Waals surface area contributed by atoms with Crippen LogP contribution in [0.1, 0.15) is 41.0 Å². The third-order valence-corrected chi connectivity index (χ3v) is 3.74. The monoisotopic (exact) mass is 337 g/mol. The van der Waals surface area contributed by atoms with Crippen LogP contribution < -0.4 is 10.1 Å². The molecule has 1 saturated heterocycles. The predicted octanol–water partition coefficient (Wildman–Crippen LogP) is 2.51. The molecule has 0 radical (unpaired) electrons. The normalized spacial score (nSPS) is 17.2. The van der Waals surface area contributed by atoms with Crippen LogP contribution in [0.5, 0.6) is 5.75 Å². The summed E-state index contributed by atoms with van der Waals surface area (Å²) in [6.07, 6.45) is 1.72. The standard InChI is InChI=1S/C15H16ClN3O4/c1-21-12-7-9(16)4-5-10(12)14(20)17-8-13-18-15(23-19-13)11-3-2-6-22-11/h4-5,7,11H,2-3,6,8H2,1H3,(H,17,20)/t11-/m0/s1. The molecular weight excluding hydrogens is 322 g/mol. The Hall–Kier alpha value is -2.12. The Bertz CT molecular complexity index is 698. The molecule has 1 N–H and O–H groups in total. The summed E-state index contributed by atoms with van der Waals surface area (Å²) < 4.78 is 15.8. The minimum atomic E-state index is -0.304. The van der Waals surface area contributed by atoms with E-state index in [1.807, 2.05) is 0 Å². The molecule has 1 atom stereocenters. The number of nitrogens with zero attached hydrogens (tertiary/aromatic N) is 2. The maximum atomic E-state index is 12.2. The summed E-state index contributed by atoms with van der Waals surface area (Å²) in [5.41, 5.74) is 0.389. The lowest BCUT2D eigenvalue weighted by Crippen LogP contribution is -2.24. The molecule has 7 nitrogen and oxygen atoms in total. The lowest BCUT2D eigenvalue weighted by molar-refractivity contribution is 0.0835. The first-order valence-electron chi connectivity index (χ1n) is 7.23. The number of amides is 1. The summed E-state index contributed by atoms with van der Waals surface area (Å²) in [6, 6.07) is 4.81. The van der Waals surface area contributed by atoms with Gasteiger partial charge in [0.15, 0.2) is 5.82 Å². The molecule has 1 aliphatic rings. The Balaban J connectivity index is 1.63. The third-order valence-electron chi connectivity index (χ3n) is 3.50. The minimum absolute atomic E-state index is 0.136. The summed E-state index contributed by atoms with van der Waals surface area (Å²) in [6.45, 7) is 0.857. The van der Waals surface area contributed by atoms with Crippen molar-refractivity contribution in [1.82, 2.24) is 15.5 Å². The summed E-state index contributed by atoms with van der Waals surface area (Å²) >= 11 is 5.88. The number of ether oxygens (including phenoxy) is 2. The SMILES string of the molecule is COc1cc(Cl)ccc1C(=O)NCc1noc([C@@H]2CCCO2)n1. The van der Waals surface area contributed by atoms with E-state index in [0.29, 0.717) is 34.7 Å². The van der Waals surface area contributed by atoms with Crippen LogP contribution in [0.3, 0.4) is 0 Å². The van der Waals surface area contributed by atoms with Crippen molar-refractivity contribution in [2.75, 3.05) is 13.7 Å². The zero-order valence-electron chi connectivity index (χ0n) is 12.5. The number of halogens is 1. The Kier molecular flexibility index (Phi) is 4.78. The van der Waals surface area contributed by atoms with Crippen molar-refractivity contribution in [3.05, 3.63) is 40.5 Å². The highest BCUT2D eigenvalue weighted by molar-refractivity contribution is 6.30. The van der Waals surface area contributed by atoms with Gasteiger partial charge in [-0.05, 0) is 31.0 Å². The highest BCUT2D eigenvalue weighted by atomic mass is 35.5. The third kappa shape index (κ3) is 3.62. The van der Waals surface area contributed by atoms with E-state index in [4.69, 9.17) is 25.6 Å². The largest absolute Gasteiger partial charge is 0.496 e. The quantitative estimate of drug-likeness (QED) is 0.902. The smallest absolute Gasteiger partial charge is 0.255 e. The van der Waals surface area contributed by atoms with Crippen LogP contribution in [0.15, 0.2) is 22.7 Å². The van der Waals surface area contributed by atoms with Gasteiger partial charge in [-0.3, -0.25) is 4.79 Å². The van der Waals surface area contributed by atoms with Gasteiger partial charge < -0.3 is 19.3 Å². The van der Waals surface area contributed by atoms with Crippen molar-refractivity contribution < 1.29 is 18.8 Å². The fraction of sp³-hybridized carbons (Fsp3) is 0.400. The molecule has 1 aromatic carbocycles. The summed E-state index contributed by atoms with van der Waals surface area (Å²) in [5.74, 6) is 0.956. The van der Waals surface area contributed by atoms with Crippen molar-refractivity contribution in [3.63, 3.8) is 0 Å². The second kappa shape index (κ2) is 6.97. The predicted molar refractivity (Wildman–Crippen MR) is 81.4 cm³/mol. The number of benzene rings is 1. The highest BCUT2D eigenvalue weighted by Crippen LogP contribution is 2.27. The van der Waals surface area contributed by atoms with Crippen LogP contribution in [0.25, 0.3) is 0 Å². The molecule has 0 spiro atoms. The first-order valence-corrected chi connectivity index (χ1v) is 7.61. The van der Waals surface area contributed by atoms with E-state index in [9.17, 15) is 4.79 Å². The molecule has 0 bridgehead atoms. The molecule has 0 aliphatic carbocycles. The van der Waals surface area contributed by atoms with Gasteiger partial charge >= 0.3 is 0 Å². The van der Waals surface area contributed by atoms with Gasteiger partial charge in [-0.2, -0.15) is 4.98 Å². The van der Waals surface area contributed by atoms with E-state index in [1.54, 1.807) is 18.2 Å². The van der Waals surface area contributed by atoms with Gasteiger partial charge in [0.2, 0.25) is 0 Å². The molecule has 1 aromatic heterocycles. The van der Waals surface area contributed by atoms with Gasteiger partial charge in [0.1, 0.15) is 11.9 Å². The van der Waals surface area contributed by atoms with Crippen molar-refractivity contribution in [2.45, 2.75) is 25.5 Å². The van der Waals surface area contributed by atoms with E-state index in [0.717, 1.165) is 12.8 Å². The molecule has 8 heteroatoms. The molecule has 3 rings (SSSR count). The number of carbonyl (C=O) groups excluding carboxylic acids is 1. The highest BCUT2D eigenvalue weighted by Gasteiger charge is 2.24. The van der Waals surface area contributed by atoms with Crippen molar-refractivity contribution in [1.29, 1.82) is 0 Å². The Morgan fingerprint density at radius 2 is 2.39 bits per heavy atom. The average Bonchev–Trinajstić information content (AvgIpc) is 3.23. The zero-order chi connectivity index (χ0) is 16.2. The van der Waals surface area contributed by atoms with E-state index in [1.165, 1.54) is 7.11 Å². The Morgan fingerprint density at radius 3 is 3.13 bits per heavy atom. The Morgan fingerprint density at radius 1 is 1.52 bits per heavy atom. The van der Waals surface area contributed by atoms with Crippen molar-refractivity contribution in [3.8, 4) is 5.75 Å². The number of nitrogens with one attached hydrogen (secondary N) is 1.